The predicted octanol–water partition coefficient (Wildman–Crippen LogP) is 5.52. The summed E-state index contributed by atoms with van der Waals surface area (Å²) in [5.41, 5.74) is 3.49. The molecule has 27 heavy (non-hydrogen) atoms. The fourth-order valence-corrected chi connectivity index (χ4v) is 3.91. The average Bonchev–Trinajstić information content (AvgIpc) is 3.04. The van der Waals surface area contributed by atoms with Crippen LogP contribution in [0.5, 0.6) is 0 Å². The van der Waals surface area contributed by atoms with Crippen molar-refractivity contribution in [3.63, 3.8) is 0 Å². The number of hydrogen-bond acceptors (Lipinski definition) is 1. The highest BCUT2D eigenvalue weighted by Crippen LogP contribution is 2.28. The van der Waals surface area contributed by atoms with Gasteiger partial charge in [0.1, 0.15) is 0 Å². The molecule has 2 heterocycles. The molecule has 0 unspecified atom stereocenters. The molecule has 0 aliphatic heterocycles. The van der Waals surface area contributed by atoms with Gasteiger partial charge in [-0.2, -0.15) is 5.10 Å². The van der Waals surface area contributed by atoms with Gasteiger partial charge in [-0.1, -0.05) is 61.5 Å². The largest absolute Gasteiger partial charge is 0.347 e. The normalized spacial score (nSPS) is 12.4. The number of rotatable bonds is 3. The first-order valence-electron chi connectivity index (χ1n) is 9.48. The maximum atomic E-state index is 5.09. The highest BCUT2D eigenvalue weighted by molar-refractivity contribution is 6.07. The smallest absolute Gasteiger partial charge is 0.0947 e. The maximum absolute atomic E-state index is 5.09. The number of benzene rings is 3. The molecule has 0 fully saturated rings. The first-order chi connectivity index (χ1) is 13.4. The first kappa shape index (κ1) is 15.9. The van der Waals surface area contributed by atoms with Gasteiger partial charge in [0, 0.05) is 28.9 Å². The van der Waals surface area contributed by atoms with Gasteiger partial charge in [-0.25, -0.2) is 4.68 Å². The second kappa shape index (κ2) is 6.44. The van der Waals surface area contributed by atoms with Crippen molar-refractivity contribution in [3.05, 3.63) is 90.4 Å². The third-order valence-corrected chi connectivity index (χ3v) is 5.13. The summed E-state index contributed by atoms with van der Waals surface area (Å²) in [6.07, 6.45) is 3.26. The summed E-state index contributed by atoms with van der Waals surface area (Å²) in [4.78, 5) is 0. The molecule has 3 heteroatoms. The lowest BCUT2D eigenvalue weighted by molar-refractivity contribution is 0.696. The van der Waals surface area contributed by atoms with Crippen LogP contribution in [0.25, 0.3) is 32.7 Å². The number of para-hydroxylation sites is 3. The van der Waals surface area contributed by atoms with Crippen molar-refractivity contribution < 1.29 is 0 Å². The van der Waals surface area contributed by atoms with Gasteiger partial charge in [0.2, 0.25) is 0 Å². The summed E-state index contributed by atoms with van der Waals surface area (Å²) < 4.78 is 4.39. The molecule has 132 valence electrons. The molecule has 5 rings (SSSR count). The number of aryl methyl sites for hydroxylation is 1. The van der Waals surface area contributed by atoms with E-state index in [4.69, 9.17) is 5.10 Å². The molecule has 0 bridgehead atoms. The van der Waals surface area contributed by atoms with Crippen molar-refractivity contribution in [2.24, 2.45) is 5.10 Å². The van der Waals surface area contributed by atoms with Crippen LogP contribution in [0.1, 0.15) is 13.3 Å². The van der Waals surface area contributed by atoms with Crippen molar-refractivity contribution in [2.75, 3.05) is 0 Å². The number of fused-ring (bicyclic) bond motifs is 4. The average molecular weight is 351 g/mol. The number of nitrogens with zero attached hydrogens (tertiary/aromatic N) is 3. The second-order valence-corrected chi connectivity index (χ2v) is 6.86. The standard InChI is InChI=1S/C24H21N3/c1-2-16-26-17-15-21(20-11-5-6-12-22(20)26)25-27-23-13-7-3-9-18(23)19-10-4-8-14-24(19)27/h3-15,17H,2,16H2,1H3. The van der Waals surface area contributed by atoms with E-state index in [-0.39, 0.29) is 0 Å². The number of pyridine rings is 1. The Morgan fingerprint density at radius 2 is 1.22 bits per heavy atom. The summed E-state index contributed by atoms with van der Waals surface area (Å²) in [6, 6.07) is 27.6. The number of aromatic nitrogens is 2. The van der Waals surface area contributed by atoms with Crippen LogP contribution in [0.15, 0.2) is 90.2 Å². The molecule has 0 saturated heterocycles. The van der Waals surface area contributed by atoms with E-state index in [1.54, 1.807) is 0 Å². The van der Waals surface area contributed by atoms with E-state index in [0.29, 0.717) is 0 Å². The molecule has 0 amide bonds. The molecule has 0 N–H and O–H groups in total. The Hall–Kier alpha value is -3.33. The van der Waals surface area contributed by atoms with Crippen LogP contribution in [0.4, 0.5) is 0 Å². The Bertz CT molecular complexity index is 1290. The molecule has 3 aromatic carbocycles. The lowest BCUT2D eigenvalue weighted by Gasteiger charge is -2.10. The van der Waals surface area contributed by atoms with Crippen LogP contribution < -0.4 is 5.36 Å². The Balaban J connectivity index is 1.87. The highest BCUT2D eigenvalue weighted by Gasteiger charge is 2.09. The van der Waals surface area contributed by atoms with E-state index in [2.05, 4.69) is 101 Å². The summed E-state index contributed by atoms with van der Waals surface area (Å²) >= 11 is 0. The molecule has 5 aromatic rings. The van der Waals surface area contributed by atoms with Gasteiger partial charge in [-0.3, -0.25) is 0 Å². The zero-order valence-corrected chi connectivity index (χ0v) is 15.3. The lowest BCUT2D eigenvalue weighted by Crippen LogP contribution is -2.11. The van der Waals surface area contributed by atoms with Gasteiger partial charge < -0.3 is 4.57 Å². The van der Waals surface area contributed by atoms with Crippen LogP contribution in [-0.2, 0) is 6.54 Å². The SMILES string of the molecule is CCCn1ccc(=Nn2c3ccccc3c3ccccc32)c2ccccc21. The van der Waals surface area contributed by atoms with Crippen molar-refractivity contribution in [1.82, 2.24) is 9.24 Å². The molecule has 0 aliphatic rings. The second-order valence-electron chi connectivity index (χ2n) is 6.86. The highest BCUT2D eigenvalue weighted by atomic mass is 15.3. The van der Waals surface area contributed by atoms with E-state index in [0.717, 1.165) is 29.4 Å². The van der Waals surface area contributed by atoms with Crippen molar-refractivity contribution in [3.8, 4) is 0 Å². The minimum atomic E-state index is 0.990. The van der Waals surface area contributed by atoms with E-state index < -0.39 is 0 Å². The van der Waals surface area contributed by atoms with E-state index in [9.17, 15) is 0 Å². The molecular formula is C24H21N3. The van der Waals surface area contributed by atoms with Gasteiger partial charge in [0.15, 0.2) is 0 Å². The molecule has 0 aliphatic carbocycles. The van der Waals surface area contributed by atoms with Gasteiger partial charge in [0.25, 0.3) is 0 Å². The topological polar surface area (TPSA) is 22.2 Å². The van der Waals surface area contributed by atoms with Crippen LogP contribution in [0.3, 0.4) is 0 Å². The Morgan fingerprint density at radius 3 is 1.85 bits per heavy atom. The van der Waals surface area contributed by atoms with E-state index in [1.807, 2.05) is 0 Å². The summed E-state index contributed by atoms with van der Waals surface area (Å²) in [5, 5.41) is 9.73. The van der Waals surface area contributed by atoms with Gasteiger partial charge in [-0.15, -0.1) is 0 Å². The first-order valence-corrected chi connectivity index (χ1v) is 9.48. The molecule has 0 spiro atoms. The molecule has 3 nitrogen and oxygen atoms in total. The summed E-state index contributed by atoms with van der Waals surface area (Å²) in [5.74, 6) is 0. The van der Waals surface area contributed by atoms with Crippen LogP contribution in [-0.4, -0.2) is 9.24 Å². The quantitative estimate of drug-likeness (QED) is 0.408. The fourth-order valence-electron chi connectivity index (χ4n) is 3.91. The third kappa shape index (κ3) is 2.55. The monoisotopic (exact) mass is 351 g/mol. The minimum Gasteiger partial charge on any atom is -0.347 e. The zero-order chi connectivity index (χ0) is 18.2. The van der Waals surface area contributed by atoms with Gasteiger partial charge >= 0.3 is 0 Å². The Kier molecular flexibility index (Phi) is 3.79. The molecule has 2 aromatic heterocycles. The van der Waals surface area contributed by atoms with Crippen molar-refractivity contribution in [1.29, 1.82) is 0 Å². The Labute approximate surface area is 157 Å². The lowest BCUT2D eigenvalue weighted by atomic mass is 10.2. The van der Waals surface area contributed by atoms with Crippen LogP contribution >= 0.6 is 0 Å². The van der Waals surface area contributed by atoms with Crippen molar-refractivity contribution in [2.45, 2.75) is 19.9 Å². The van der Waals surface area contributed by atoms with Crippen molar-refractivity contribution >= 4 is 32.7 Å². The maximum Gasteiger partial charge on any atom is 0.0947 e. The fraction of sp³-hybridized carbons (Fsp3) is 0.125. The van der Waals surface area contributed by atoms with Crippen LogP contribution in [0.2, 0.25) is 0 Å². The summed E-state index contributed by atoms with van der Waals surface area (Å²) in [7, 11) is 0. The van der Waals surface area contributed by atoms with E-state index >= 15 is 0 Å². The zero-order valence-electron chi connectivity index (χ0n) is 15.3. The molecular weight excluding hydrogens is 330 g/mol. The minimum absolute atomic E-state index is 0.990. The van der Waals surface area contributed by atoms with Crippen LogP contribution in [0, 0.1) is 0 Å². The number of hydrogen-bond donors (Lipinski definition) is 0. The third-order valence-electron chi connectivity index (χ3n) is 5.13. The summed E-state index contributed by atoms with van der Waals surface area (Å²) in [6.45, 7) is 3.22. The molecule has 0 saturated carbocycles. The predicted molar refractivity (Wildman–Crippen MR) is 113 cm³/mol. The van der Waals surface area contributed by atoms with Gasteiger partial charge in [-0.05, 0) is 30.7 Å². The Morgan fingerprint density at radius 1 is 0.667 bits per heavy atom. The molecule has 0 atom stereocenters. The molecule has 0 radical (unpaired) electrons. The van der Waals surface area contributed by atoms with E-state index in [1.165, 1.54) is 21.7 Å². The van der Waals surface area contributed by atoms with Gasteiger partial charge in [0.05, 0.1) is 21.9 Å².